The molecule has 1 aliphatic carbocycles. The fourth-order valence-electron chi connectivity index (χ4n) is 6.84. The standard InChI is InChI=1S/C32H43F2N7O4S2Si/c1-20(2)31(42)41-21-8-9-22(41)17-39(16-21)26-15-23(14-24-25(18-38(4)27(24)26)29-36-37-30(46-29)28(33)34)47(43,44)40(32(35-3)10-11-32)19-45-12-13-48(5,6)7/h14-15,18,20-22,28H,8-13,16-17,19H2,1-2,4-7H3. The lowest BCUT2D eigenvalue weighted by atomic mass is 10.1. The van der Waals surface area contributed by atoms with Crippen LogP contribution in [-0.2, 0) is 26.6 Å². The number of nitrogens with zero attached hydrogens (tertiary/aromatic N) is 7. The molecule has 0 N–H and O–H groups in total. The Bertz CT molecular complexity index is 1850. The molecule has 260 valence electrons. The summed E-state index contributed by atoms with van der Waals surface area (Å²) in [7, 11) is -3.88. The molecule has 4 heterocycles. The maximum absolute atomic E-state index is 14.7. The molecule has 2 unspecified atom stereocenters. The summed E-state index contributed by atoms with van der Waals surface area (Å²) in [6.07, 6.45) is 1.53. The Hall–Kier alpha value is -2.97. The first-order valence-electron chi connectivity index (χ1n) is 16.4. The van der Waals surface area contributed by atoms with Crippen molar-refractivity contribution in [2.24, 2.45) is 13.0 Å². The molecule has 2 aliphatic heterocycles. The van der Waals surface area contributed by atoms with E-state index in [0.29, 0.717) is 49.2 Å². The minimum Gasteiger partial charge on any atom is -0.366 e. The van der Waals surface area contributed by atoms with Crippen molar-refractivity contribution in [3.05, 3.63) is 34.8 Å². The number of hydrogen-bond donors (Lipinski definition) is 0. The van der Waals surface area contributed by atoms with Crippen LogP contribution in [0.15, 0.2) is 23.2 Å². The largest absolute Gasteiger partial charge is 0.366 e. The highest BCUT2D eigenvalue weighted by atomic mass is 32.2. The number of piperazine rings is 1. The van der Waals surface area contributed by atoms with Crippen LogP contribution in [0.2, 0.25) is 25.7 Å². The molecule has 0 radical (unpaired) electrons. The van der Waals surface area contributed by atoms with Crippen LogP contribution in [0, 0.1) is 12.5 Å². The van der Waals surface area contributed by atoms with Crippen LogP contribution >= 0.6 is 11.3 Å². The first kappa shape index (κ1) is 34.9. The van der Waals surface area contributed by atoms with E-state index >= 15 is 0 Å². The van der Waals surface area contributed by atoms with Crippen molar-refractivity contribution in [1.82, 2.24) is 24.0 Å². The van der Waals surface area contributed by atoms with E-state index in [-0.39, 0.29) is 40.5 Å². The zero-order valence-electron chi connectivity index (χ0n) is 28.2. The van der Waals surface area contributed by atoms with E-state index in [4.69, 9.17) is 11.3 Å². The smallest absolute Gasteiger partial charge is 0.303 e. The molecule has 6 rings (SSSR count). The fourth-order valence-corrected chi connectivity index (χ4v) is 9.99. The van der Waals surface area contributed by atoms with Crippen LogP contribution in [0.3, 0.4) is 0 Å². The topological polar surface area (TPSA) is 105 Å². The van der Waals surface area contributed by atoms with Gasteiger partial charge in [0, 0.05) is 70.0 Å². The van der Waals surface area contributed by atoms with Gasteiger partial charge in [-0.3, -0.25) is 9.64 Å². The third kappa shape index (κ3) is 6.39. The minimum absolute atomic E-state index is 0.00666. The minimum atomic E-state index is -4.27. The van der Waals surface area contributed by atoms with Gasteiger partial charge in [0.1, 0.15) is 11.7 Å². The number of amides is 1. The van der Waals surface area contributed by atoms with E-state index < -0.39 is 35.2 Å². The number of benzene rings is 1. The fraction of sp³-hybridized carbons (Fsp3) is 0.625. The van der Waals surface area contributed by atoms with Crippen LogP contribution in [0.5, 0.6) is 0 Å². The van der Waals surface area contributed by atoms with E-state index in [1.807, 2.05) is 30.4 Å². The number of ether oxygens (including phenoxy) is 1. The summed E-state index contributed by atoms with van der Waals surface area (Å²) >= 11 is 0.774. The predicted octanol–water partition coefficient (Wildman–Crippen LogP) is 6.18. The Kier molecular flexibility index (Phi) is 9.25. The van der Waals surface area contributed by atoms with E-state index in [0.717, 1.165) is 35.7 Å². The third-order valence-electron chi connectivity index (χ3n) is 9.62. The number of sulfonamides is 1. The Balaban J connectivity index is 1.46. The molecule has 3 aromatic rings. The van der Waals surface area contributed by atoms with Crippen molar-refractivity contribution in [3.8, 4) is 10.6 Å². The van der Waals surface area contributed by atoms with Gasteiger partial charge in [-0.1, -0.05) is 49.1 Å². The van der Waals surface area contributed by atoms with Gasteiger partial charge in [0.15, 0.2) is 5.01 Å². The summed E-state index contributed by atoms with van der Waals surface area (Å²) in [5.41, 5.74) is 0.681. The first-order valence-corrected chi connectivity index (χ1v) is 22.3. The molecule has 11 nitrogen and oxygen atoms in total. The highest BCUT2D eigenvalue weighted by Crippen LogP contribution is 2.48. The summed E-state index contributed by atoms with van der Waals surface area (Å²) in [5, 5.41) is 8.12. The molecule has 1 saturated carbocycles. The maximum atomic E-state index is 14.7. The van der Waals surface area contributed by atoms with Gasteiger partial charge < -0.3 is 19.1 Å². The highest BCUT2D eigenvalue weighted by Gasteiger charge is 2.61. The van der Waals surface area contributed by atoms with Crippen LogP contribution in [-0.4, -0.2) is 90.5 Å². The quantitative estimate of drug-likeness (QED) is 0.0953. The molecular formula is C32H43F2N7O4S2Si. The summed E-state index contributed by atoms with van der Waals surface area (Å²) in [6.45, 7) is 19.6. The molecule has 2 aromatic heterocycles. The lowest BCUT2D eigenvalue weighted by molar-refractivity contribution is -0.137. The number of carbonyl (C=O) groups excluding carboxylic acids is 1. The number of carbonyl (C=O) groups is 1. The summed E-state index contributed by atoms with van der Waals surface area (Å²) in [5.74, 6) is -0.00837. The first-order chi connectivity index (χ1) is 22.6. The second kappa shape index (κ2) is 12.7. The van der Waals surface area contributed by atoms with Gasteiger partial charge in [0.2, 0.25) is 5.91 Å². The molecule has 2 bridgehead atoms. The Labute approximate surface area is 285 Å². The third-order valence-corrected chi connectivity index (χ3v) is 14.1. The van der Waals surface area contributed by atoms with Gasteiger partial charge in [0.25, 0.3) is 16.4 Å². The molecule has 3 fully saturated rings. The average Bonchev–Trinajstić information content (AvgIpc) is 3.37. The predicted molar refractivity (Wildman–Crippen MR) is 184 cm³/mol. The highest BCUT2D eigenvalue weighted by molar-refractivity contribution is 7.89. The second-order valence-corrected chi connectivity index (χ2v) is 23.2. The summed E-state index contributed by atoms with van der Waals surface area (Å²) in [6, 6.07) is 4.05. The van der Waals surface area contributed by atoms with E-state index in [1.165, 1.54) is 4.31 Å². The van der Waals surface area contributed by atoms with E-state index in [2.05, 4.69) is 39.6 Å². The zero-order valence-corrected chi connectivity index (χ0v) is 30.9. The number of alkyl halides is 2. The Morgan fingerprint density at radius 3 is 2.40 bits per heavy atom. The Morgan fingerprint density at radius 1 is 1.19 bits per heavy atom. The van der Waals surface area contributed by atoms with Gasteiger partial charge >= 0.3 is 5.66 Å². The molecule has 48 heavy (non-hydrogen) atoms. The number of hydrogen-bond acceptors (Lipinski definition) is 8. The number of halogens is 2. The van der Waals surface area contributed by atoms with Crippen molar-refractivity contribution in [2.45, 2.75) is 94.3 Å². The Morgan fingerprint density at radius 2 is 1.85 bits per heavy atom. The average molecular weight is 720 g/mol. The zero-order chi connectivity index (χ0) is 34.8. The lowest BCUT2D eigenvalue weighted by Crippen LogP contribution is -2.57. The van der Waals surface area contributed by atoms with Crippen LogP contribution in [0.1, 0.15) is 51.0 Å². The molecule has 16 heteroatoms. The van der Waals surface area contributed by atoms with Crippen LogP contribution in [0.25, 0.3) is 26.3 Å². The molecule has 1 aromatic carbocycles. The van der Waals surface area contributed by atoms with Crippen molar-refractivity contribution >= 4 is 51.9 Å². The molecular weight excluding hydrogens is 677 g/mol. The van der Waals surface area contributed by atoms with Crippen LogP contribution in [0.4, 0.5) is 14.5 Å². The van der Waals surface area contributed by atoms with Crippen molar-refractivity contribution in [3.63, 3.8) is 0 Å². The van der Waals surface area contributed by atoms with Gasteiger partial charge in [-0.2, -0.15) is 0 Å². The summed E-state index contributed by atoms with van der Waals surface area (Å²) in [4.78, 5) is 21.1. The molecule has 2 atom stereocenters. The van der Waals surface area contributed by atoms with E-state index in [1.54, 1.807) is 18.3 Å². The maximum Gasteiger partial charge on any atom is 0.303 e. The number of aromatic nitrogens is 3. The van der Waals surface area contributed by atoms with Crippen LogP contribution < -0.4 is 4.90 Å². The molecule has 1 amide bonds. The van der Waals surface area contributed by atoms with E-state index in [9.17, 15) is 22.0 Å². The molecule has 3 aliphatic rings. The van der Waals surface area contributed by atoms with Gasteiger partial charge in [-0.05, 0) is 31.0 Å². The number of fused-ring (bicyclic) bond motifs is 3. The SMILES string of the molecule is [C-]#[N+]C1(N(COCC[Si](C)(C)C)S(=O)(=O)c2cc(N3CC4CCC(C3)N4C(=O)C(C)C)c3c(c2)c(-c2nnc(C(F)F)s2)cn3C)CC1. The lowest BCUT2D eigenvalue weighted by Gasteiger charge is -2.43. The number of rotatable bonds is 12. The summed E-state index contributed by atoms with van der Waals surface area (Å²) < 4.78 is 65.4. The normalized spacial score (nSPS) is 20.8. The number of anilines is 1. The molecule has 2 saturated heterocycles. The molecule has 0 spiro atoms. The van der Waals surface area contributed by atoms with Gasteiger partial charge in [-0.25, -0.2) is 23.8 Å². The van der Waals surface area contributed by atoms with Gasteiger partial charge in [0.05, 0.1) is 28.9 Å². The number of aryl methyl sites for hydroxylation is 1. The van der Waals surface area contributed by atoms with Gasteiger partial charge in [-0.15, -0.1) is 10.2 Å². The van der Waals surface area contributed by atoms with Crippen molar-refractivity contribution in [2.75, 3.05) is 31.3 Å². The monoisotopic (exact) mass is 719 g/mol. The second-order valence-electron chi connectivity index (χ2n) is 14.7. The van der Waals surface area contributed by atoms with Crippen molar-refractivity contribution < 1.29 is 26.7 Å². The van der Waals surface area contributed by atoms with Crippen molar-refractivity contribution in [1.29, 1.82) is 0 Å².